The third kappa shape index (κ3) is 2.55. The highest BCUT2D eigenvalue weighted by Crippen LogP contribution is 2.29. The first-order chi connectivity index (χ1) is 9.76. The summed E-state index contributed by atoms with van der Waals surface area (Å²) in [4.78, 5) is 15.1. The lowest BCUT2D eigenvalue weighted by atomic mass is 10.3. The van der Waals surface area contributed by atoms with Crippen molar-refractivity contribution in [3.8, 4) is 0 Å². The maximum absolute atomic E-state index is 4.71. The van der Waals surface area contributed by atoms with Crippen LogP contribution < -0.4 is 10.6 Å². The molecule has 0 bridgehead atoms. The van der Waals surface area contributed by atoms with E-state index in [4.69, 9.17) is 4.52 Å². The second-order valence-corrected chi connectivity index (χ2v) is 5.44. The van der Waals surface area contributed by atoms with Crippen LogP contribution in [0.15, 0.2) is 17.0 Å². The maximum atomic E-state index is 4.71. The molecule has 3 aromatic heterocycles. The Morgan fingerprint density at radius 2 is 2.20 bits per heavy atom. The summed E-state index contributed by atoms with van der Waals surface area (Å²) in [6.45, 7) is 5.31. The van der Waals surface area contributed by atoms with E-state index >= 15 is 0 Å². The lowest BCUT2D eigenvalue weighted by Gasteiger charge is -2.07. The standard InChI is InChI=1S/C12H14N6OS/c1-3-13-12-16-10(14-5-9-15-6-19-18-9)8-4-7(2)20-11(8)17-12/h4,6H,3,5H2,1-2H3,(H2,13,14,16,17). The largest absolute Gasteiger partial charge is 0.362 e. The Kier molecular flexibility index (Phi) is 3.46. The molecular formula is C12H14N6OS. The number of nitrogens with zero attached hydrogens (tertiary/aromatic N) is 4. The second-order valence-electron chi connectivity index (χ2n) is 4.20. The third-order valence-electron chi connectivity index (χ3n) is 2.67. The van der Waals surface area contributed by atoms with Crippen LogP contribution in [0.3, 0.4) is 0 Å². The predicted molar refractivity (Wildman–Crippen MR) is 77.9 cm³/mol. The van der Waals surface area contributed by atoms with Gasteiger partial charge in [0, 0.05) is 11.4 Å². The predicted octanol–water partition coefficient (Wildman–Crippen LogP) is 2.43. The summed E-state index contributed by atoms with van der Waals surface area (Å²) in [5.74, 6) is 1.99. The fourth-order valence-electron chi connectivity index (χ4n) is 1.85. The highest BCUT2D eigenvalue weighted by Gasteiger charge is 2.11. The molecule has 0 amide bonds. The molecule has 0 saturated carbocycles. The van der Waals surface area contributed by atoms with Crippen molar-refractivity contribution in [3.63, 3.8) is 0 Å². The molecule has 0 fully saturated rings. The van der Waals surface area contributed by atoms with Crippen LogP contribution in [0.1, 0.15) is 17.6 Å². The fourth-order valence-corrected chi connectivity index (χ4v) is 2.73. The molecule has 3 heterocycles. The van der Waals surface area contributed by atoms with E-state index in [1.807, 2.05) is 6.92 Å². The van der Waals surface area contributed by atoms with Crippen molar-refractivity contribution >= 4 is 33.3 Å². The van der Waals surface area contributed by atoms with Crippen molar-refractivity contribution in [1.29, 1.82) is 0 Å². The van der Waals surface area contributed by atoms with Gasteiger partial charge in [0.15, 0.2) is 5.82 Å². The summed E-state index contributed by atoms with van der Waals surface area (Å²) in [6, 6.07) is 2.08. The van der Waals surface area contributed by atoms with Crippen LogP contribution in [0.4, 0.5) is 11.8 Å². The highest BCUT2D eigenvalue weighted by molar-refractivity contribution is 7.18. The Morgan fingerprint density at radius 3 is 2.95 bits per heavy atom. The van der Waals surface area contributed by atoms with E-state index in [9.17, 15) is 0 Å². The van der Waals surface area contributed by atoms with E-state index < -0.39 is 0 Å². The minimum absolute atomic E-state index is 0.461. The molecule has 2 N–H and O–H groups in total. The molecular weight excluding hydrogens is 276 g/mol. The Balaban J connectivity index is 1.93. The fraction of sp³-hybridized carbons (Fsp3) is 0.333. The average molecular weight is 290 g/mol. The van der Waals surface area contributed by atoms with E-state index in [0.717, 1.165) is 22.6 Å². The number of fused-ring (bicyclic) bond motifs is 1. The zero-order chi connectivity index (χ0) is 13.9. The molecule has 0 aliphatic heterocycles. The van der Waals surface area contributed by atoms with Gasteiger partial charge < -0.3 is 15.2 Å². The van der Waals surface area contributed by atoms with Gasteiger partial charge in [-0.15, -0.1) is 11.3 Å². The molecule has 0 spiro atoms. The Hall–Kier alpha value is -2.22. The summed E-state index contributed by atoms with van der Waals surface area (Å²) >= 11 is 1.65. The maximum Gasteiger partial charge on any atom is 0.226 e. The molecule has 0 unspecified atom stereocenters. The molecule has 0 aliphatic rings. The first-order valence-corrected chi connectivity index (χ1v) is 7.09. The molecule has 0 aromatic carbocycles. The van der Waals surface area contributed by atoms with Crippen molar-refractivity contribution in [2.75, 3.05) is 17.2 Å². The first-order valence-electron chi connectivity index (χ1n) is 6.27. The molecule has 104 valence electrons. The Labute approximate surface area is 119 Å². The number of hydrogen-bond donors (Lipinski definition) is 2. The third-order valence-corrected chi connectivity index (χ3v) is 3.62. The zero-order valence-electron chi connectivity index (χ0n) is 11.2. The Morgan fingerprint density at radius 1 is 1.30 bits per heavy atom. The molecule has 20 heavy (non-hydrogen) atoms. The number of thiophene rings is 1. The summed E-state index contributed by atoms with van der Waals surface area (Å²) in [7, 11) is 0. The lowest BCUT2D eigenvalue weighted by Crippen LogP contribution is -2.07. The quantitative estimate of drug-likeness (QED) is 0.746. The lowest BCUT2D eigenvalue weighted by molar-refractivity contribution is 0.411. The number of nitrogens with one attached hydrogen (secondary N) is 2. The van der Waals surface area contributed by atoms with Crippen molar-refractivity contribution < 1.29 is 4.52 Å². The second kappa shape index (κ2) is 5.41. The Bertz CT molecular complexity index is 708. The van der Waals surface area contributed by atoms with Gasteiger partial charge in [-0.1, -0.05) is 5.16 Å². The van der Waals surface area contributed by atoms with E-state index in [0.29, 0.717) is 18.3 Å². The van der Waals surface area contributed by atoms with Crippen LogP contribution in [-0.2, 0) is 6.54 Å². The monoisotopic (exact) mass is 290 g/mol. The van der Waals surface area contributed by atoms with Crippen molar-refractivity contribution in [1.82, 2.24) is 20.1 Å². The molecule has 7 nitrogen and oxygen atoms in total. The van der Waals surface area contributed by atoms with Crippen LogP contribution in [0.5, 0.6) is 0 Å². The summed E-state index contributed by atoms with van der Waals surface area (Å²) in [6.07, 6.45) is 1.31. The van der Waals surface area contributed by atoms with Gasteiger partial charge in [0.2, 0.25) is 12.3 Å². The highest BCUT2D eigenvalue weighted by atomic mass is 32.1. The van der Waals surface area contributed by atoms with Crippen LogP contribution >= 0.6 is 11.3 Å². The minimum atomic E-state index is 0.461. The number of hydrogen-bond acceptors (Lipinski definition) is 8. The summed E-state index contributed by atoms with van der Waals surface area (Å²) < 4.78 is 4.71. The van der Waals surface area contributed by atoms with Gasteiger partial charge in [0.05, 0.1) is 11.9 Å². The van der Waals surface area contributed by atoms with E-state index in [1.54, 1.807) is 11.3 Å². The minimum Gasteiger partial charge on any atom is -0.362 e. The van der Waals surface area contributed by atoms with Crippen LogP contribution in [0.2, 0.25) is 0 Å². The van der Waals surface area contributed by atoms with E-state index in [1.165, 1.54) is 11.3 Å². The van der Waals surface area contributed by atoms with Gasteiger partial charge in [-0.05, 0) is 19.9 Å². The van der Waals surface area contributed by atoms with Crippen LogP contribution in [0, 0.1) is 6.92 Å². The van der Waals surface area contributed by atoms with E-state index in [-0.39, 0.29) is 0 Å². The molecule has 8 heteroatoms. The van der Waals surface area contributed by atoms with Gasteiger partial charge in [0.25, 0.3) is 0 Å². The zero-order valence-corrected chi connectivity index (χ0v) is 12.0. The first kappa shape index (κ1) is 12.8. The topological polar surface area (TPSA) is 88.8 Å². The SMILES string of the molecule is CCNc1nc(NCc2ncon2)c2cc(C)sc2n1. The normalized spacial score (nSPS) is 10.9. The molecule has 3 rings (SSSR count). The molecule has 0 aliphatic carbocycles. The van der Waals surface area contributed by atoms with Crippen molar-refractivity contribution in [2.45, 2.75) is 20.4 Å². The van der Waals surface area contributed by atoms with Gasteiger partial charge in [-0.3, -0.25) is 0 Å². The molecule has 0 atom stereocenters. The van der Waals surface area contributed by atoms with Gasteiger partial charge >= 0.3 is 0 Å². The number of anilines is 2. The van der Waals surface area contributed by atoms with Gasteiger partial charge in [-0.2, -0.15) is 9.97 Å². The molecule has 0 saturated heterocycles. The van der Waals surface area contributed by atoms with Crippen molar-refractivity contribution in [2.24, 2.45) is 0 Å². The van der Waals surface area contributed by atoms with Crippen LogP contribution in [-0.4, -0.2) is 26.7 Å². The van der Waals surface area contributed by atoms with E-state index in [2.05, 4.69) is 43.7 Å². The smallest absolute Gasteiger partial charge is 0.226 e. The van der Waals surface area contributed by atoms with Gasteiger partial charge in [-0.25, -0.2) is 4.98 Å². The summed E-state index contributed by atoms with van der Waals surface area (Å²) in [5.41, 5.74) is 0. The molecule has 3 aromatic rings. The number of aryl methyl sites for hydroxylation is 1. The number of rotatable bonds is 5. The van der Waals surface area contributed by atoms with Crippen molar-refractivity contribution in [3.05, 3.63) is 23.2 Å². The number of aromatic nitrogens is 4. The summed E-state index contributed by atoms with van der Waals surface area (Å²) in [5, 5.41) is 11.2. The van der Waals surface area contributed by atoms with Gasteiger partial charge in [0.1, 0.15) is 10.6 Å². The molecule has 0 radical (unpaired) electrons. The van der Waals surface area contributed by atoms with Crippen LogP contribution in [0.25, 0.3) is 10.2 Å². The average Bonchev–Trinajstić information content (AvgIpc) is 3.04.